The van der Waals surface area contributed by atoms with Gasteiger partial charge in [-0.15, -0.1) is 11.3 Å². The average molecular weight is 398 g/mol. The number of nitrogens with zero attached hydrogens (tertiary/aromatic N) is 3. The molecule has 146 valence electrons. The molecule has 1 fully saturated rings. The van der Waals surface area contributed by atoms with Crippen molar-refractivity contribution in [2.24, 2.45) is 0 Å². The van der Waals surface area contributed by atoms with Crippen LogP contribution in [0.4, 0.5) is 5.82 Å². The quantitative estimate of drug-likeness (QED) is 0.623. The van der Waals surface area contributed by atoms with Gasteiger partial charge in [-0.25, -0.2) is 14.8 Å². The zero-order chi connectivity index (χ0) is 19.8. The van der Waals surface area contributed by atoms with E-state index in [4.69, 9.17) is 14.5 Å². The molecule has 28 heavy (non-hydrogen) atoms. The van der Waals surface area contributed by atoms with Crippen LogP contribution in [-0.4, -0.2) is 42.7 Å². The van der Waals surface area contributed by atoms with E-state index in [2.05, 4.69) is 28.9 Å². The van der Waals surface area contributed by atoms with Gasteiger partial charge in [0.15, 0.2) is 0 Å². The number of esters is 1. The Labute approximate surface area is 168 Å². The van der Waals surface area contributed by atoms with E-state index < -0.39 is 0 Å². The van der Waals surface area contributed by atoms with Crippen LogP contribution in [0.5, 0.6) is 0 Å². The van der Waals surface area contributed by atoms with Crippen LogP contribution in [-0.2, 0) is 9.47 Å². The summed E-state index contributed by atoms with van der Waals surface area (Å²) >= 11 is 1.36. The Balaban J connectivity index is 1.77. The zero-order valence-electron chi connectivity index (χ0n) is 16.5. The second-order valence-electron chi connectivity index (χ2n) is 6.98. The largest absolute Gasteiger partial charge is 0.465 e. The van der Waals surface area contributed by atoms with Gasteiger partial charge in [0.25, 0.3) is 0 Å². The first-order valence-corrected chi connectivity index (χ1v) is 10.1. The Morgan fingerprint density at radius 3 is 2.79 bits per heavy atom. The molecule has 0 spiro atoms. The third kappa shape index (κ3) is 3.25. The van der Waals surface area contributed by atoms with Crippen molar-refractivity contribution in [1.29, 1.82) is 0 Å². The number of aryl methyl sites for hydroxylation is 3. The molecule has 1 aromatic carbocycles. The fourth-order valence-electron chi connectivity index (χ4n) is 3.72. The zero-order valence-corrected chi connectivity index (χ0v) is 17.3. The fraction of sp³-hybridized carbons (Fsp3) is 0.381. The Hall–Kier alpha value is -2.51. The van der Waals surface area contributed by atoms with E-state index in [1.165, 1.54) is 29.6 Å². The highest BCUT2D eigenvalue weighted by atomic mass is 32.1. The van der Waals surface area contributed by atoms with Gasteiger partial charge >= 0.3 is 5.97 Å². The number of rotatable bonds is 3. The highest BCUT2D eigenvalue weighted by Crippen LogP contribution is 2.37. The number of anilines is 1. The number of methoxy groups -OCH3 is 1. The molecule has 0 radical (unpaired) electrons. The second kappa shape index (κ2) is 7.48. The summed E-state index contributed by atoms with van der Waals surface area (Å²) in [4.78, 5) is 25.1. The molecule has 1 aliphatic heterocycles. The number of hydrogen-bond acceptors (Lipinski definition) is 7. The molecule has 3 heterocycles. The molecule has 1 saturated heterocycles. The fourth-order valence-corrected chi connectivity index (χ4v) is 4.85. The number of benzene rings is 1. The molecule has 1 unspecified atom stereocenters. The highest BCUT2D eigenvalue weighted by molar-refractivity contribution is 7.20. The van der Waals surface area contributed by atoms with Gasteiger partial charge in [-0.05, 0) is 37.5 Å². The van der Waals surface area contributed by atoms with Crippen LogP contribution in [0, 0.1) is 20.8 Å². The summed E-state index contributed by atoms with van der Waals surface area (Å²) in [7, 11) is 1.40. The molecule has 0 bridgehead atoms. The van der Waals surface area contributed by atoms with Gasteiger partial charge in [-0.3, -0.25) is 0 Å². The van der Waals surface area contributed by atoms with Gasteiger partial charge in [0.1, 0.15) is 27.5 Å². The van der Waals surface area contributed by atoms with Gasteiger partial charge in [0, 0.05) is 13.1 Å². The molecular formula is C21H23N3O3S. The summed E-state index contributed by atoms with van der Waals surface area (Å²) in [6, 6.07) is 8.31. The predicted octanol–water partition coefficient (Wildman–Crippen LogP) is 3.98. The lowest BCUT2D eigenvalue weighted by Crippen LogP contribution is -2.39. The van der Waals surface area contributed by atoms with E-state index in [1.807, 2.05) is 26.0 Å². The van der Waals surface area contributed by atoms with Crippen LogP contribution in [0.25, 0.3) is 10.2 Å². The van der Waals surface area contributed by atoms with Crippen molar-refractivity contribution in [3.63, 3.8) is 0 Å². The number of aromatic nitrogens is 2. The van der Waals surface area contributed by atoms with Crippen molar-refractivity contribution in [3.8, 4) is 0 Å². The van der Waals surface area contributed by atoms with Crippen LogP contribution in [0.3, 0.4) is 0 Å². The Bertz CT molecular complexity index is 1050. The lowest BCUT2D eigenvalue weighted by atomic mass is 10.0. The molecule has 0 amide bonds. The van der Waals surface area contributed by atoms with Gasteiger partial charge in [-0.1, -0.05) is 24.3 Å². The average Bonchev–Trinajstić information content (AvgIpc) is 3.03. The molecule has 3 aromatic rings. The third-order valence-corrected chi connectivity index (χ3v) is 6.32. The maximum absolute atomic E-state index is 12.2. The van der Waals surface area contributed by atoms with Crippen molar-refractivity contribution < 1.29 is 14.3 Å². The molecule has 1 aliphatic rings. The Kier molecular flexibility index (Phi) is 5.03. The minimum atomic E-state index is -0.330. The maximum Gasteiger partial charge on any atom is 0.348 e. The van der Waals surface area contributed by atoms with Crippen LogP contribution >= 0.6 is 11.3 Å². The van der Waals surface area contributed by atoms with Gasteiger partial charge in [0.05, 0.1) is 19.1 Å². The molecule has 6 nitrogen and oxygen atoms in total. The molecule has 4 rings (SSSR count). The van der Waals surface area contributed by atoms with Crippen molar-refractivity contribution >= 4 is 33.3 Å². The van der Waals surface area contributed by atoms with Crippen molar-refractivity contribution in [1.82, 2.24) is 9.97 Å². The minimum absolute atomic E-state index is 0.0145. The second-order valence-corrected chi connectivity index (χ2v) is 7.98. The SMILES string of the molecule is COC(=O)c1sc2nc(C)nc(N3CCOC(c4ccccc4C)C3)c2c1C. The first kappa shape index (κ1) is 18.8. The third-order valence-electron chi connectivity index (χ3n) is 5.15. The predicted molar refractivity (Wildman–Crippen MR) is 110 cm³/mol. The number of morpholine rings is 1. The number of ether oxygens (including phenoxy) is 2. The number of carbonyl (C=O) groups excluding carboxylic acids is 1. The first-order chi connectivity index (χ1) is 13.5. The molecule has 1 atom stereocenters. The minimum Gasteiger partial charge on any atom is -0.465 e. The van der Waals surface area contributed by atoms with E-state index in [0.717, 1.165) is 28.1 Å². The smallest absolute Gasteiger partial charge is 0.348 e. The van der Waals surface area contributed by atoms with E-state index in [0.29, 0.717) is 23.9 Å². The van der Waals surface area contributed by atoms with Gasteiger partial charge in [0.2, 0.25) is 0 Å². The lowest BCUT2D eigenvalue weighted by Gasteiger charge is -2.35. The van der Waals surface area contributed by atoms with Crippen LogP contribution in [0.2, 0.25) is 0 Å². The maximum atomic E-state index is 12.2. The number of fused-ring (bicyclic) bond motifs is 1. The molecular weight excluding hydrogens is 374 g/mol. The van der Waals surface area contributed by atoms with E-state index in [9.17, 15) is 4.79 Å². The van der Waals surface area contributed by atoms with Crippen LogP contribution in [0.1, 0.15) is 38.3 Å². The summed E-state index contributed by atoms with van der Waals surface area (Å²) in [5, 5.41) is 0.932. The van der Waals surface area contributed by atoms with Crippen molar-refractivity contribution in [3.05, 3.63) is 51.7 Å². The van der Waals surface area contributed by atoms with E-state index in [1.54, 1.807) is 0 Å². The lowest BCUT2D eigenvalue weighted by molar-refractivity contribution is 0.0392. The number of hydrogen-bond donors (Lipinski definition) is 0. The highest BCUT2D eigenvalue weighted by Gasteiger charge is 2.28. The molecule has 0 N–H and O–H groups in total. The van der Waals surface area contributed by atoms with Gasteiger partial charge in [-0.2, -0.15) is 0 Å². The van der Waals surface area contributed by atoms with Crippen molar-refractivity contribution in [2.75, 3.05) is 31.7 Å². The topological polar surface area (TPSA) is 64.5 Å². The normalized spacial score (nSPS) is 17.1. The molecule has 0 saturated carbocycles. The molecule has 0 aliphatic carbocycles. The Morgan fingerprint density at radius 1 is 1.25 bits per heavy atom. The summed E-state index contributed by atoms with van der Waals surface area (Å²) in [5.41, 5.74) is 3.30. The van der Waals surface area contributed by atoms with Gasteiger partial charge < -0.3 is 14.4 Å². The Morgan fingerprint density at radius 2 is 2.04 bits per heavy atom. The van der Waals surface area contributed by atoms with Crippen molar-refractivity contribution in [2.45, 2.75) is 26.9 Å². The summed E-state index contributed by atoms with van der Waals surface area (Å²) in [5.74, 6) is 1.23. The standard InChI is InChI=1S/C21H23N3O3S/c1-12-7-5-6-8-15(12)16-11-24(9-10-27-16)19-17-13(2)18(21(25)26-4)28-20(17)23-14(3)22-19/h5-8,16H,9-11H2,1-4H3. The summed E-state index contributed by atoms with van der Waals surface area (Å²) in [6.45, 7) is 8.00. The number of carbonyl (C=O) groups is 1. The van der Waals surface area contributed by atoms with E-state index in [-0.39, 0.29) is 12.1 Å². The first-order valence-electron chi connectivity index (χ1n) is 9.27. The monoisotopic (exact) mass is 397 g/mol. The summed E-state index contributed by atoms with van der Waals surface area (Å²) < 4.78 is 11.0. The van der Waals surface area contributed by atoms with E-state index >= 15 is 0 Å². The molecule has 2 aromatic heterocycles. The number of thiophene rings is 1. The molecule has 7 heteroatoms. The summed E-state index contributed by atoms with van der Waals surface area (Å²) in [6.07, 6.45) is -0.0145. The van der Waals surface area contributed by atoms with Crippen LogP contribution < -0.4 is 4.90 Å². The van der Waals surface area contributed by atoms with Crippen LogP contribution in [0.15, 0.2) is 24.3 Å².